The summed E-state index contributed by atoms with van der Waals surface area (Å²) in [5.74, 6) is 1.73. The van der Waals surface area contributed by atoms with Crippen LogP contribution in [0.5, 0.6) is 11.5 Å². The largest absolute Gasteiger partial charge is 0.496 e. The van der Waals surface area contributed by atoms with E-state index in [1.54, 1.807) is 13.3 Å². The van der Waals surface area contributed by atoms with Crippen molar-refractivity contribution in [3.8, 4) is 11.5 Å². The van der Waals surface area contributed by atoms with Crippen LogP contribution in [0.2, 0.25) is 5.02 Å². The molecule has 3 aromatic carbocycles. The van der Waals surface area contributed by atoms with E-state index in [2.05, 4.69) is 35.3 Å². The maximum atomic E-state index is 6.07. The summed E-state index contributed by atoms with van der Waals surface area (Å²) < 4.78 is 11.4. The Morgan fingerprint density at radius 2 is 1.74 bits per heavy atom. The lowest BCUT2D eigenvalue weighted by Crippen LogP contribution is -2.00. The number of rotatable bonds is 11. The van der Waals surface area contributed by atoms with Crippen molar-refractivity contribution >= 4 is 28.7 Å². The second-order valence-electron chi connectivity index (χ2n) is 8.02. The fourth-order valence-corrected chi connectivity index (χ4v) is 4.21. The molecule has 1 N–H and O–H groups in total. The van der Waals surface area contributed by atoms with Crippen LogP contribution < -0.4 is 9.47 Å². The van der Waals surface area contributed by atoms with E-state index in [-0.39, 0.29) is 0 Å². The zero-order valence-corrected chi connectivity index (χ0v) is 20.3. The Morgan fingerprint density at radius 1 is 0.941 bits per heavy atom. The Bertz CT molecular complexity index is 1230. The number of aromatic nitrogens is 1. The molecule has 0 bridgehead atoms. The molecule has 1 heterocycles. The number of fused-ring (bicyclic) bond motifs is 1. The van der Waals surface area contributed by atoms with E-state index in [0.29, 0.717) is 19.6 Å². The van der Waals surface area contributed by atoms with E-state index < -0.39 is 0 Å². The molecule has 0 aliphatic heterocycles. The van der Waals surface area contributed by atoms with Gasteiger partial charge < -0.3 is 19.3 Å². The number of H-pyrrole nitrogens is 1. The van der Waals surface area contributed by atoms with E-state index in [1.807, 2.05) is 48.5 Å². The van der Waals surface area contributed by atoms with Crippen LogP contribution in [-0.4, -0.2) is 31.5 Å². The van der Waals surface area contributed by atoms with Crippen molar-refractivity contribution in [2.24, 2.45) is 5.16 Å². The molecule has 1 aromatic heterocycles. The summed E-state index contributed by atoms with van der Waals surface area (Å²) in [6, 6.07) is 21.8. The maximum absolute atomic E-state index is 6.07. The lowest BCUT2D eigenvalue weighted by Gasteiger charge is -2.12. The first-order valence-corrected chi connectivity index (χ1v) is 11.8. The number of para-hydroxylation sites is 1. The molecule has 176 valence electrons. The molecule has 0 aliphatic carbocycles. The van der Waals surface area contributed by atoms with E-state index in [0.717, 1.165) is 46.1 Å². The van der Waals surface area contributed by atoms with E-state index in [9.17, 15) is 0 Å². The van der Waals surface area contributed by atoms with Crippen molar-refractivity contribution in [1.29, 1.82) is 0 Å². The van der Waals surface area contributed by atoms with Crippen LogP contribution in [0.25, 0.3) is 10.9 Å². The van der Waals surface area contributed by atoms with Gasteiger partial charge in [0.25, 0.3) is 0 Å². The van der Waals surface area contributed by atoms with Gasteiger partial charge in [-0.3, -0.25) is 0 Å². The van der Waals surface area contributed by atoms with Crippen LogP contribution in [0.3, 0.4) is 0 Å². The summed E-state index contributed by atoms with van der Waals surface area (Å²) in [4.78, 5) is 9.06. The number of aryl methyl sites for hydroxylation is 1. The molecule has 0 spiro atoms. The minimum atomic E-state index is 0.488. The molecule has 0 radical (unpaired) electrons. The molecule has 0 aliphatic rings. The minimum Gasteiger partial charge on any atom is -0.496 e. The number of benzene rings is 3. The van der Waals surface area contributed by atoms with Gasteiger partial charge in [-0.05, 0) is 54.4 Å². The fourth-order valence-electron chi connectivity index (χ4n) is 4.08. The Kier molecular flexibility index (Phi) is 8.10. The van der Waals surface area contributed by atoms with Gasteiger partial charge in [0.15, 0.2) is 0 Å². The van der Waals surface area contributed by atoms with Gasteiger partial charge in [-0.2, -0.15) is 0 Å². The highest BCUT2D eigenvalue weighted by molar-refractivity contribution is 6.30. The van der Waals surface area contributed by atoms with Crippen molar-refractivity contribution in [3.63, 3.8) is 0 Å². The lowest BCUT2D eigenvalue weighted by atomic mass is 9.96. The van der Waals surface area contributed by atoms with Gasteiger partial charge in [-0.1, -0.05) is 47.1 Å². The number of halogens is 1. The van der Waals surface area contributed by atoms with Gasteiger partial charge in [-0.25, -0.2) is 0 Å². The molecule has 6 heteroatoms. The van der Waals surface area contributed by atoms with Crippen LogP contribution in [-0.2, 0) is 17.7 Å². The average Bonchev–Trinajstić information content (AvgIpc) is 3.18. The molecule has 4 rings (SSSR count). The molecular weight excluding hydrogens is 448 g/mol. The van der Waals surface area contributed by atoms with Crippen molar-refractivity contribution in [2.75, 3.05) is 20.3 Å². The number of nitrogens with zero attached hydrogens (tertiary/aromatic N) is 1. The molecule has 5 nitrogen and oxygen atoms in total. The Labute approximate surface area is 205 Å². The summed E-state index contributed by atoms with van der Waals surface area (Å²) in [6.45, 7) is 3.14. The molecule has 0 saturated heterocycles. The first-order valence-electron chi connectivity index (χ1n) is 11.4. The van der Waals surface area contributed by atoms with E-state index >= 15 is 0 Å². The Hall–Kier alpha value is -3.44. The second kappa shape index (κ2) is 11.6. The molecular formula is C28H29ClN2O3. The number of aromatic amines is 1. The number of methoxy groups -OCH3 is 1. The standard InChI is InChI=1S/C28H29ClN2O3/c1-20-24(15-18-34-30-16-6-17-33-23-7-4-3-5-8-23)28-25(19-21-9-11-22(29)12-10-21)27(32-2)14-13-26(28)31-20/h3-5,7-14,16,31H,6,15,17-19H2,1-2H3. The molecule has 34 heavy (non-hydrogen) atoms. The van der Waals surface area contributed by atoms with E-state index in [1.165, 1.54) is 16.5 Å². The highest BCUT2D eigenvalue weighted by Crippen LogP contribution is 2.34. The zero-order chi connectivity index (χ0) is 23.8. The SMILES string of the molecule is COc1ccc2[nH]c(C)c(CCON=CCCOc3ccccc3)c2c1Cc1ccc(Cl)cc1. The van der Waals surface area contributed by atoms with Gasteiger partial charge in [0.1, 0.15) is 18.1 Å². The normalized spacial score (nSPS) is 11.3. The molecule has 4 aromatic rings. The van der Waals surface area contributed by atoms with E-state index in [4.69, 9.17) is 25.9 Å². The van der Waals surface area contributed by atoms with Crippen molar-refractivity contribution in [2.45, 2.75) is 26.2 Å². The van der Waals surface area contributed by atoms with Crippen molar-refractivity contribution in [3.05, 3.63) is 94.1 Å². The number of nitrogens with one attached hydrogen (secondary N) is 1. The third-order valence-electron chi connectivity index (χ3n) is 5.71. The number of oxime groups is 1. The van der Waals surface area contributed by atoms with Crippen LogP contribution in [0.4, 0.5) is 0 Å². The summed E-state index contributed by atoms with van der Waals surface area (Å²) in [6.07, 6.45) is 3.93. The van der Waals surface area contributed by atoms with Crippen LogP contribution in [0.15, 0.2) is 71.9 Å². The minimum absolute atomic E-state index is 0.488. The summed E-state index contributed by atoms with van der Waals surface area (Å²) in [5, 5.41) is 6.01. The Morgan fingerprint density at radius 3 is 2.50 bits per heavy atom. The van der Waals surface area contributed by atoms with Gasteiger partial charge in [0.2, 0.25) is 0 Å². The summed E-state index contributed by atoms with van der Waals surface area (Å²) in [5.41, 5.74) is 5.78. The highest BCUT2D eigenvalue weighted by atomic mass is 35.5. The summed E-state index contributed by atoms with van der Waals surface area (Å²) >= 11 is 6.07. The third-order valence-corrected chi connectivity index (χ3v) is 5.96. The average molecular weight is 477 g/mol. The molecule has 0 unspecified atom stereocenters. The smallest absolute Gasteiger partial charge is 0.123 e. The van der Waals surface area contributed by atoms with Crippen molar-refractivity contribution < 1.29 is 14.3 Å². The number of ether oxygens (including phenoxy) is 2. The first-order chi connectivity index (χ1) is 16.7. The number of hydrogen-bond acceptors (Lipinski definition) is 4. The molecule has 0 amide bonds. The highest BCUT2D eigenvalue weighted by Gasteiger charge is 2.17. The zero-order valence-electron chi connectivity index (χ0n) is 19.5. The van der Waals surface area contributed by atoms with Crippen molar-refractivity contribution in [1.82, 2.24) is 4.98 Å². The molecule has 0 saturated carbocycles. The van der Waals surface area contributed by atoms with Crippen LogP contribution in [0.1, 0.15) is 28.8 Å². The summed E-state index contributed by atoms with van der Waals surface area (Å²) in [7, 11) is 1.71. The first kappa shape index (κ1) is 23.7. The number of hydrogen-bond donors (Lipinski definition) is 1. The topological polar surface area (TPSA) is 55.8 Å². The predicted octanol–water partition coefficient (Wildman–Crippen LogP) is 6.74. The predicted molar refractivity (Wildman–Crippen MR) is 139 cm³/mol. The van der Waals surface area contributed by atoms with Gasteiger partial charge in [0, 0.05) is 52.7 Å². The van der Waals surface area contributed by atoms with Crippen LogP contribution in [0, 0.1) is 6.92 Å². The monoisotopic (exact) mass is 476 g/mol. The van der Waals surface area contributed by atoms with Gasteiger partial charge in [-0.15, -0.1) is 0 Å². The quantitative estimate of drug-likeness (QED) is 0.148. The van der Waals surface area contributed by atoms with Crippen LogP contribution >= 0.6 is 11.6 Å². The van der Waals surface area contributed by atoms with Gasteiger partial charge in [0.05, 0.1) is 13.7 Å². The third kappa shape index (κ3) is 5.91. The van der Waals surface area contributed by atoms with Gasteiger partial charge >= 0.3 is 0 Å². The Balaban J connectivity index is 1.40. The fraction of sp³-hybridized carbons (Fsp3) is 0.250. The molecule has 0 atom stereocenters. The molecule has 0 fully saturated rings. The maximum Gasteiger partial charge on any atom is 0.123 e. The lowest BCUT2D eigenvalue weighted by molar-refractivity contribution is 0.148. The second-order valence-corrected chi connectivity index (χ2v) is 8.46.